The van der Waals surface area contributed by atoms with Crippen molar-refractivity contribution >= 4 is 38.6 Å². The lowest BCUT2D eigenvalue weighted by Crippen LogP contribution is -2.40. The fourth-order valence-electron chi connectivity index (χ4n) is 2.89. The van der Waals surface area contributed by atoms with Gasteiger partial charge in [-0.05, 0) is 38.0 Å². The third-order valence-corrected chi connectivity index (χ3v) is 4.41. The maximum atomic E-state index is 12.0. The molecule has 0 radical (unpaired) electrons. The van der Waals surface area contributed by atoms with Crippen LogP contribution in [0.4, 0.5) is 5.82 Å². The molecule has 1 saturated heterocycles. The van der Waals surface area contributed by atoms with E-state index in [9.17, 15) is 4.79 Å². The number of piperidine rings is 1. The number of ether oxygens (including phenoxy) is 1. The van der Waals surface area contributed by atoms with E-state index in [1.165, 1.54) is 0 Å². The van der Waals surface area contributed by atoms with E-state index in [1.54, 1.807) is 6.33 Å². The molecule has 1 fully saturated rings. The van der Waals surface area contributed by atoms with Gasteiger partial charge in [-0.15, -0.1) is 0 Å². The Morgan fingerprint density at radius 3 is 3.14 bits per heavy atom. The van der Waals surface area contributed by atoms with Crippen LogP contribution < -0.4 is 4.90 Å². The first-order chi connectivity index (χ1) is 10.7. The van der Waals surface area contributed by atoms with Gasteiger partial charge in [-0.3, -0.25) is 4.79 Å². The zero-order chi connectivity index (χ0) is 15.5. The predicted molar refractivity (Wildman–Crippen MR) is 88.8 cm³/mol. The molecule has 116 valence electrons. The van der Waals surface area contributed by atoms with Gasteiger partial charge in [-0.2, -0.15) is 0 Å². The Morgan fingerprint density at radius 1 is 1.45 bits per heavy atom. The summed E-state index contributed by atoms with van der Waals surface area (Å²) in [6.07, 6.45) is 3.42. The van der Waals surface area contributed by atoms with Crippen molar-refractivity contribution in [1.29, 1.82) is 0 Å². The molecule has 0 aliphatic carbocycles. The van der Waals surface area contributed by atoms with Gasteiger partial charge in [0.15, 0.2) is 0 Å². The Kier molecular flexibility index (Phi) is 4.57. The molecule has 1 aromatic carbocycles. The van der Waals surface area contributed by atoms with Crippen LogP contribution in [0.25, 0.3) is 10.9 Å². The van der Waals surface area contributed by atoms with Crippen LogP contribution in [0.15, 0.2) is 29.0 Å². The maximum Gasteiger partial charge on any atom is 0.310 e. The molecule has 2 heterocycles. The van der Waals surface area contributed by atoms with Gasteiger partial charge < -0.3 is 9.64 Å². The van der Waals surface area contributed by atoms with Crippen LogP contribution in [0.1, 0.15) is 19.8 Å². The fourth-order valence-corrected chi connectivity index (χ4v) is 3.25. The van der Waals surface area contributed by atoms with Crippen molar-refractivity contribution in [3.8, 4) is 0 Å². The van der Waals surface area contributed by atoms with E-state index in [-0.39, 0.29) is 11.9 Å². The predicted octanol–water partition coefficient (Wildman–Crippen LogP) is 3.17. The Hall–Kier alpha value is -1.69. The van der Waals surface area contributed by atoms with E-state index in [1.807, 2.05) is 25.1 Å². The van der Waals surface area contributed by atoms with Crippen molar-refractivity contribution < 1.29 is 9.53 Å². The Bertz CT molecular complexity index is 692. The highest BCUT2D eigenvalue weighted by atomic mass is 79.9. The minimum Gasteiger partial charge on any atom is -0.466 e. The van der Waals surface area contributed by atoms with Gasteiger partial charge in [0.05, 0.1) is 18.0 Å². The molecule has 22 heavy (non-hydrogen) atoms. The second-order valence-corrected chi connectivity index (χ2v) is 6.31. The van der Waals surface area contributed by atoms with Crippen LogP contribution >= 0.6 is 15.9 Å². The van der Waals surface area contributed by atoms with E-state index < -0.39 is 0 Å². The second-order valence-electron chi connectivity index (χ2n) is 5.40. The quantitative estimate of drug-likeness (QED) is 0.783. The van der Waals surface area contributed by atoms with Gasteiger partial charge in [0, 0.05) is 22.9 Å². The van der Waals surface area contributed by atoms with E-state index in [2.05, 4.69) is 30.8 Å². The zero-order valence-electron chi connectivity index (χ0n) is 12.5. The number of rotatable bonds is 3. The molecule has 0 saturated carbocycles. The smallest absolute Gasteiger partial charge is 0.310 e. The zero-order valence-corrected chi connectivity index (χ0v) is 14.0. The molecule has 3 rings (SSSR count). The lowest BCUT2D eigenvalue weighted by atomic mass is 9.98. The van der Waals surface area contributed by atoms with Crippen LogP contribution in [-0.2, 0) is 9.53 Å². The molecule has 1 atom stereocenters. The standard InChI is InChI=1S/C16H18BrN3O2/c1-2-22-16(21)11-4-3-7-20(9-11)15-13-8-12(17)5-6-14(13)18-10-19-15/h5-6,8,10-11H,2-4,7,9H2,1H3/t11-/m1/s1. The molecule has 0 bridgehead atoms. The highest BCUT2D eigenvalue weighted by Crippen LogP contribution is 2.29. The summed E-state index contributed by atoms with van der Waals surface area (Å²) < 4.78 is 6.16. The molecule has 0 N–H and O–H groups in total. The van der Waals surface area contributed by atoms with Gasteiger partial charge in [-0.25, -0.2) is 9.97 Å². The summed E-state index contributed by atoms with van der Waals surface area (Å²) in [5, 5.41) is 1.00. The topological polar surface area (TPSA) is 55.3 Å². The summed E-state index contributed by atoms with van der Waals surface area (Å²) >= 11 is 3.50. The number of carbonyl (C=O) groups is 1. The minimum atomic E-state index is -0.105. The molecule has 0 amide bonds. The highest BCUT2D eigenvalue weighted by Gasteiger charge is 2.28. The van der Waals surface area contributed by atoms with Crippen LogP contribution in [0.3, 0.4) is 0 Å². The van der Waals surface area contributed by atoms with Crippen molar-refractivity contribution in [2.75, 3.05) is 24.6 Å². The van der Waals surface area contributed by atoms with Gasteiger partial charge in [-0.1, -0.05) is 15.9 Å². The molecule has 1 aromatic heterocycles. The average Bonchev–Trinajstić information content (AvgIpc) is 2.54. The van der Waals surface area contributed by atoms with Gasteiger partial charge in [0.1, 0.15) is 12.1 Å². The largest absolute Gasteiger partial charge is 0.466 e. The van der Waals surface area contributed by atoms with E-state index in [0.29, 0.717) is 13.2 Å². The third-order valence-electron chi connectivity index (χ3n) is 3.92. The number of nitrogens with zero attached hydrogens (tertiary/aromatic N) is 3. The lowest BCUT2D eigenvalue weighted by Gasteiger charge is -2.32. The normalized spacial score (nSPS) is 18.5. The number of benzene rings is 1. The van der Waals surface area contributed by atoms with Crippen molar-refractivity contribution in [1.82, 2.24) is 9.97 Å². The summed E-state index contributed by atoms with van der Waals surface area (Å²) in [5.74, 6) is 0.706. The number of aromatic nitrogens is 2. The number of fused-ring (bicyclic) bond motifs is 1. The minimum absolute atomic E-state index is 0.0779. The molecular weight excluding hydrogens is 346 g/mol. The van der Waals surface area contributed by atoms with Gasteiger partial charge in [0.2, 0.25) is 0 Å². The molecule has 1 aliphatic heterocycles. The fraction of sp³-hybridized carbons (Fsp3) is 0.438. The molecule has 2 aromatic rings. The SMILES string of the molecule is CCOC(=O)[C@@H]1CCCN(c2ncnc3ccc(Br)cc23)C1. The molecule has 1 aliphatic rings. The third kappa shape index (κ3) is 3.06. The number of anilines is 1. The molecule has 0 spiro atoms. The average molecular weight is 364 g/mol. The van der Waals surface area contributed by atoms with E-state index >= 15 is 0 Å². The van der Waals surface area contributed by atoms with Crippen LogP contribution in [0.2, 0.25) is 0 Å². The van der Waals surface area contributed by atoms with Crippen molar-refractivity contribution in [2.24, 2.45) is 5.92 Å². The molecule has 6 heteroatoms. The van der Waals surface area contributed by atoms with Gasteiger partial charge >= 0.3 is 5.97 Å². The molecular formula is C16H18BrN3O2. The van der Waals surface area contributed by atoms with Crippen molar-refractivity contribution in [3.05, 3.63) is 29.0 Å². The van der Waals surface area contributed by atoms with Crippen LogP contribution in [-0.4, -0.2) is 35.6 Å². The molecule has 0 unspecified atom stereocenters. The Labute approximate surface area is 137 Å². The number of carbonyl (C=O) groups excluding carboxylic acids is 1. The highest BCUT2D eigenvalue weighted by molar-refractivity contribution is 9.10. The van der Waals surface area contributed by atoms with E-state index in [4.69, 9.17) is 4.74 Å². The van der Waals surface area contributed by atoms with Crippen molar-refractivity contribution in [2.45, 2.75) is 19.8 Å². The summed E-state index contributed by atoms with van der Waals surface area (Å²) in [4.78, 5) is 22.9. The first-order valence-corrected chi connectivity index (χ1v) is 8.30. The number of hydrogen-bond donors (Lipinski definition) is 0. The first kappa shape index (κ1) is 15.2. The second kappa shape index (κ2) is 6.60. The van der Waals surface area contributed by atoms with Crippen molar-refractivity contribution in [3.63, 3.8) is 0 Å². The summed E-state index contributed by atoms with van der Waals surface area (Å²) in [6, 6.07) is 5.97. The van der Waals surface area contributed by atoms with Crippen LogP contribution in [0.5, 0.6) is 0 Å². The summed E-state index contributed by atoms with van der Waals surface area (Å²) in [5.41, 5.74) is 0.909. The monoisotopic (exact) mass is 363 g/mol. The lowest BCUT2D eigenvalue weighted by molar-refractivity contribution is -0.148. The summed E-state index contributed by atoms with van der Waals surface area (Å²) in [6.45, 7) is 3.82. The summed E-state index contributed by atoms with van der Waals surface area (Å²) in [7, 11) is 0. The van der Waals surface area contributed by atoms with Crippen LogP contribution in [0, 0.1) is 5.92 Å². The maximum absolute atomic E-state index is 12.0. The Morgan fingerprint density at radius 2 is 2.32 bits per heavy atom. The number of esters is 1. The first-order valence-electron chi connectivity index (χ1n) is 7.51. The number of hydrogen-bond acceptors (Lipinski definition) is 5. The Balaban J connectivity index is 1.90. The van der Waals surface area contributed by atoms with E-state index in [0.717, 1.165) is 40.6 Å². The molecule has 5 nitrogen and oxygen atoms in total. The van der Waals surface area contributed by atoms with Gasteiger partial charge in [0.25, 0.3) is 0 Å². The number of halogens is 1.